The highest BCUT2D eigenvalue weighted by molar-refractivity contribution is 6.21. The van der Waals surface area contributed by atoms with E-state index in [9.17, 15) is 19.2 Å². The lowest BCUT2D eigenvalue weighted by atomic mass is 9.97. The van der Waals surface area contributed by atoms with Crippen LogP contribution in [0.3, 0.4) is 0 Å². The average Bonchev–Trinajstić information content (AvgIpc) is 3.23. The number of hydrogen-bond acceptors (Lipinski definition) is 8. The number of fused-ring (bicyclic) bond motifs is 1. The molecular weight excluding hydrogens is 450 g/mol. The van der Waals surface area contributed by atoms with Gasteiger partial charge < -0.3 is 19.8 Å². The van der Waals surface area contributed by atoms with Gasteiger partial charge in [0.15, 0.2) is 11.2 Å². The first-order valence-corrected chi connectivity index (χ1v) is 10.5. The predicted octanol–water partition coefficient (Wildman–Crippen LogP) is 1.45. The number of ketones is 1. The van der Waals surface area contributed by atoms with Gasteiger partial charge >= 0.3 is 11.9 Å². The van der Waals surface area contributed by atoms with Gasteiger partial charge in [-0.25, -0.2) is 0 Å². The second kappa shape index (κ2) is 11.6. The van der Waals surface area contributed by atoms with E-state index in [1.54, 1.807) is 42.8 Å². The Balaban J connectivity index is 0.00000385. The van der Waals surface area contributed by atoms with Crippen molar-refractivity contribution in [1.29, 1.82) is 0 Å². The molecule has 0 amide bonds. The molecule has 0 atom stereocenters. The minimum absolute atomic E-state index is 0. The number of likely N-dealkylation sites (N-methyl/N-ethyl adjacent to an activating group) is 1. The second-order valence-corrected chi connectivity index (χ2v) is 7.27. The van der Waals surface area contributed by atoms with Gasteiger partial charge in [-0.3, -0.25) is 23.9 Å². The van der Waals surface area contributed by atoms with Crippen molar-refractivity contribution in [3.05, 3.63) is 57.9 Å². The minimum atomic E-state index is -1.85. The number of nitrogens with zero attached hydrogens (tertiary/aromatic N) is 2. The molecule has 10 heteroatoms. The Labute approximate surface area is 197 Å². The summed E-state index contributed by atoms with van der Waals surface area (Å²) in [7, 11) is 1.86. The van der Waals surface area contributed by atoms with Crippen LogP contribution < -0.4 is 15.8 Å². The lowest BCUT2D eigenvalue weighted by molar-refractivity contribution is -0.158. The largest absolute Gasteiger partial charge is 0.465 e. The number of halogens is 1. The summed E-state index contributed by atoms with van der Waals surface area (Å²) in [4.78, 5) is 51.4. The highest BCUT2D eigenvalue weighted by Crippen LogP contribution is 2.19. The Hall–Kier alpha value is -3.17. The van der Waals surface area contributed by atoms with Crippen molar-refractivity contribution in [3.63, 3.8) is 0 Å². The number of esters is 2. The summed E-state index contributed by atoms with van der Waals surface area (Å²) in [6.07, 6.45) is 3.47. The van der Waals surface area contributed by atoms with Crippen molar-refractivity contribution < 1.29 is 23.9 Å². The van der Waals surface area contributed by atoms with E-state index in [4.69, 9.17) is 9.47 Å². The van der Waals surface area contributed by atoms with Gasteiger partial charge in [0.05, 0.1) is 37.4 Å². The van der Waals surface area contributed by atoms with Gasteiger partial charge in [-0.1, -0.05) is 18.2 Å². The Morgan fingerprint density at radius 3 is 2.33 bits per heavy atom. The molecule has 178 valence electrons. The maximum absolute atomic E-state index is 13.3. The van der Waals surface area contributed by atoms with Crippen molar-refractivity contribution in [2.24, 2.45) is 5.92 Å². The zero-order valence-corrected chi connectivity index (χ0v) is 19.6. The van der Waals surface area contributed by atoms with E-state index in [1.165, 1.54) is 11.8 Å². The average molecular weight is 478 g/mol. The third kappa shape index (κ3) is 5.43. The number of benzene rings is 1. The van der Waals surface area contributed by atoms with Crippen LogP contribution in [0.25, 0.3) is 10.9 Å². The Morgan fingerprint density at radius 2 is 1.73 bits per heavy atom. The summed E-state index contributed by atoms with van der Waals surface area (Å²) in [5, 5.41) is 5.39. The van der Waals surface area contributed by atoms with Gasteiger partial charge in [0.25, 0.3) is 0 Å². The lowest BCUT2D eigenvalue weighted by Gasteiger charge is -2.25. The highest BCUT2D eigenvalue weighted by Gasteiger charge is 2.39. The van der Waals surface area contributed by atoms with E-state index in [-0.39, 0.29) is 31.2 Å². The summed E-state index contributed by atoms with van der Waals surface area (Å²) in [5.74, 6) is -4.86. The predicted molar refractivity (Wildman–Crippen MR) is 127 cm³/mol. The van der Waals surface area contributed by atoms with Crippen molar-refractivity contribution in [3.8, 4) is 0 Å². The Morgan fingerprint density at radius 1 is 1.09 bits per heavy atom. The molecule has 1 aliphatic rings. The molecular formula is C23H28ClN3O6. The van der Waals surface area contributed by atoms with Gasteiger partial charge in [0.1, 0.15) is 0 Å². The summed E-state index contributed by atoms with van der Waals surface area (Å²) in [6, 6.07) is 6.91. The maximum Gasteiger partial charge on any atom is 0.328 e. The normalized spacial score (nSPS) is 13.0. The van der Waals surface area contributed by atoms with E-state index < -0.39 is 29.1 Å². The second-order valence-electron chi connectivity index (χ2n) is 7.27. The number of ether oxygens (including phenoxy) is 2. The standard InChI is InChI=1S/C23H27N3O6.ClH/c1-4-31-22(29)19(23(30)32-5-2)21(28)17-14-26(25-11-10-15(13-25)12-24-3)18-9-7-6-8-16(18)20(17)27;/h6-10,14,19,24H,4-5,11-13H2,1-3H3;1H. The molecule has 1 aromatic heterocycles. The molecule has 0 aliphatic carbocycles. The molecule has 0 saturated heterocycles. The lowest BCUT2D eigenvalue weighted by Crippen LogP contribution is -2.39. The maximum atomic E-state index is 13.3. The molecule has 0 bridgehead atoms. The number of Topliss-reactive ketones (excluding diaryl/α,β-unsaturated/α-hetero) is 1. The smallest absolute Gasteiger partial charge is 0.328 e. The molecule has 0 saturated carbocycles. The third-order valence-corrected chi connectivity index (χ3v) is 5.15. The molecule has 1 aliphatic heterocycles. The first-order chi connectivity index (χ1) is 15.4. The van der Waals surface area contributed by atoms with Gasteiger partial charge in [0.2, 0.25) is 5.92 Å². The van der Waals surface area contributed by atoms with E-state index >= 15 is 0 Å². The molecule has 1 N–H and O–H groups in total. The van der Waals surface area contributed by atoms with Crippen LogP contribution in [0.2, 0.25) is 0 Å². The third-order valence-electron chi connectivity index (χ3n) is 5.15. The van der Waals surface area contributed by atoms with E-state index in [1.807, 2.05) is 12.1 Å². The molecule has 0 spiro atoms. The van der Waals surface area contributed by atoms with Crippen LogP contribution in [0.15, 0.2) is 46.9 Å². The number of pyridine rings is 1. The number of carbonyl (C=O) groups excluding carboxylic acids is 3. The number of hydrogen-bond donors (Lipinski definition) is 1. The van der Waals surface area contributed by atoms with Crippen LogP contribution in [0.1, 0.15) is 24.2 Å². The first kappa shape index (κ1) is 26.1. The van der Waals surface area contributed by atoms with Gasteiger partial charge in [0, 0.05) is 18.1 Å². The van der Waals surface area contributed by atoms with E-state index in [2.05, 4.69) is 11.4 Å². The zero-order valence-electron chi connectivity index (χ0n) is 18.8. The molecule has 0 radical (unpaired) electrons. The fourth-order valence-electron chi connectivity index (χ4n) is 3.70. The molecule has 3 rings (SSSR count). The van der Waals surface area contributed by atoms with Crippen LogP contribution in [0.5, 0.6) is 0 Å². The Bertz CT molecular complexity index is 1110. The van der Waals surface area contributed by atoms with Crippen molar-refractivity contribution in [1.82, 2.24) is 9.99 Å². The van der Waals surface area contributed by atoms with Crippen molar-refractivity contribution >= 4 is 41.0 Å². The fraction of sp³-hybridized carbons (Fsp3) is 0.391. The zero-order chi connectivity index (χ0) is 23.3. The first-order valence-electron chi connectivity index (χ1n) is 10.5. The van der Waals surface area contributed by atoms with E-state index in [0.29, 0.717) is 30.5 Å². The molecule has 33 heavy (non-hydrogen) atoms. The number of nitrogens with one attached hydrogen (secondary N) is 1. The molecule has 0 fully saturated rings. The number of para-hydroxylation sites is 1. The minimum Gasteiger partial charge on any atom is -0.465 e. The number of rotatable bonds is 9. The van der Waals surface area contributed by atoms with Crippen molar-refractivity contribution in [2.75, 3.05) is 44.9 Å². The van der Waals surface area contributed by atoms with Crippen molar-refractivity contribution in [2.45, 2.75) is 13.8 Å². The quantitative estimate of drug-likeness (QED) is 0.250. The van der Waals surface area contributed by atoms with E-state index in [0.717, 1.165) is 0 Å². The van der Waals surface area contributed by atoms with Crippen LogP contribution in [0, 0.1) is 5.92 Å². The SMILES string of the molecule is CCOC(=O)C(C(=O)OCC)C(=O)c1cn(N2CC=C(CNC)C2)c2ccccc2c1=O.Cl. The fourth-order valence-corrected chi connectivity index (χ4v) is 3.70. The van der Waals surface area contributed by atoms with Gasteiger partial charge in [-0.05, 0) is 38.6 Å². The Kier molecular flexibility index (Phi) is 9.19. The monoisotopic (exact) mass is 477 g/mol. The summed E-state index contributed by atoms with van der Waals surface area (Å²) in [5.41, 5.74) is 0.969. The van der Waals surface area contributed by atoms with Crippen LogP contribution in [-0.4, -0.2) is 62.3 Å². The summed E-state index contributed by atoms with van der Waals surface area (Å²) < 4.78 is 11.6. The topological polar surface area (TPSA) is 107 Å². The van der Waals surface area contributed by atoms with Gasteiger partial charge in [-0.2, -0.15) is 0 Å². The van der Waals surface area contributed by atoms with Crippen LogP contribution in [-0.2, 0) is 19.1 Å². The highest BCUT2D eigenvalue weighted by atomic mass is 35.5. The summed E-state index contributed by atoms with van der Waals surface area (Å²) in [6.45, 7) is 4.99. The number of aromatic nitrogens is 1. The summed E-state index contributed by atoms with van der Waals surface area (Å²) >= 11 is 0. The number of carbonyl (C=O) groups is 3. The van der Waals surface area contributed by atoms with Crippen LogP contribution in [0.4, 0.5) is 0 Å². The molecule has 2 heterocycles. The molecule has 9 nitrogen and oxygen atoms in total. The molecule has 1 aromatic carbocycles. The molecule has 0 unspecified atom stereocenters. The van der Waals surface area contributed by atoms with Gasteiger partial charge in [-0.15, -0.1) is 12.4 Å². The van der Waals surface area contributed by atoms with Crippen LogP contribution >= 0.6 is 12.4 Å². The molecule has 2 aromatic rings.